The molecule has 0 unspecified atom stereocenters. The van der Waals surface area contributed by atoms with Crippen LogP contribution in [0, 0.1) is 0 Å². The lowest BCUT2D eigenvalue weighted by molar-refractivity contribution is 0.307. The molecule has 0 amide bonds. The maximum atomic E-state index is 5.31. The van der Waals surface area contributed by atoms with Crippen LogP contribution >= 0.6 is 0 Å². The van der Waals surface area contributed by atoms with Crippen molar-refractivity contribution >= 4 is 16.7 Å². The number of anilines is 1. The lowest BCUT2D eigenvalue weighted by Crippen LogP contribution is -2.06. The first kappa shape index (κ1) is 19.4. The van der Waals surface area contributed by atoms with E-state index in [1.807, 2.05) is 54.6 Å². The summed E-state index contributed by atoms with van der Waals surface area (Å²) in [6.45, 7) is 0.710. The Morgan fingerprint density at radius 3 is 2.80 bits per heavy atom. The summed E-state index contributed by atoms with van der Waals surface area (Å²) in [5, 5.41) is 4.43. The minimum Gasteiger partial charge on any atom is -0.496 e. The molecule has 1 aliphatic rings. The molecule has 1 aromatic carbocycles. The Labute approximate surface area is 175 Å². The van der Waals surface area contributed by atoms with E-state index >= 15 is 0 Å². The number of methoxy groups -OCH3 is 2. The molecular weight excluding hydrogens is 376 g/mol. The van der Waals surface area contributed by atoms with E-state index in [1.165, 1.54) is 0 Å². The van der Waals surface area contributed by atoms with Gasteiger partial charge in [0.25, 0.3) is 0 Å². The highest BCUT2D eigenvalue weighted by Gasteiger charge is 2.08. The standard InChI is InChI=1S/C24H22N4O2/c1-29-20-7-3-5-17(8-10-20)12-14-26-23-16-22(27-24(28-23)30-2)19-9-11-21-18(15-19)6-4-13-25-21/h4-11,13,15-16H,12,14H2,1-2H3,(H,26,27,28). The number of hydrogen-bond donors (Lipinski definition) is 1. The van der Waals surface area contributed by atoms with Crippen LogP contribution in [0.1, 0.15) is 6.42 Å². The molecule has 4 rings (SSSR count). The summed E-state index contributed by atoms with van der Waals surface area (Å²) in [6, 6.07) is 12.3. The van der Waals surface area contributed by atoms with E-state index in [1.54, 1.807) is 20.4 Å². The van der Waals surface area contributed by atoms with Crippen molar-refractivity contribution in [1.82, 2.24) is 15.0 Å². The molecule has 0 radical (unpaired) electrons. The van der Waals surface area contributed by atoms with Crippen LogP contribution in [0.4, 0.5) is 5.82 Å². The molecule has 6 nitrogen and oxygen atoms in total. The van der Waals surface area contributed by atoms with Gasteiger partial charge in [-0.1, -0.05) is 18.2 Å². The summed E-state index contributed by atoms with van der Waals surface area (Å²) < 4.78 is 10.5. The molecule has 2 heterocycles. The number of nitrogens with one attached hydrogen (secondary N) is 1. The Hall–Kier alpha value is -3.89. The van der Waals surface area contributed by atoms with Gasteiger partial charge < -0.3 is 14.8 Å². The number of nitrogens with zero attached hydrogens (tertiary/aromatic N) is 3. The number of fused-ring (bicyclic) bond motifs is 1. The van der Waals surface area contributed by atoms with Crippen LogP contribution < -0.4 is 10.1 Å². The van der Waals surface area contributed by atoms with Crippen molar-refractivity contribution in [3.05, 3.63) is 84.0 Å². The molecule has 2 aromatic heterocycles. The average molecular weight is 398 g/mol. The van der Waals surface area contributed by atoms with E-state index in [4.69, 9.17) is 9.47 Å². The lowest BCUT2D eigenvalue weighted by Gasteiger charge is -2.10. The van der Waals surface area contributed by atoms with Crippen LogP contribution in [0.2, 0.25) is 0 Å². The van der Waals surface area contributed by atoms with Crippen LogP contribution in [0.3, 0.4) is 0 Å². The van der Waals surface area contributed by atoms with Gasteiger partial charge in [-0.3, -0.25) is 4.98 Å². The Morgan fingerprint density at radius 2 is 1.93 bits per heavy atom. The number of benzene rings is 1. The zero-order valence-electron chi connectivity index (χ0n) is 16.9. The fourth-order valence-corrected chi connectivity index (χ4v) is 3.12. The second kappa shape index (κ2) is 9.07. The first-order chi connectivity index (χ1) is 14.7. The summed E-state index contributed by atoms with van der Waals surface area (Å²) in [4.78, 5) is 13.3. The van der Waals surface area contributed by atoms with Gasteiger partial charge in [0.1, 0.15) is 11.6 Å². The van der Waals surface area contributed by atoms with Crippen LogP contribution in [0.15, 0.2) is 84.0 Å². The van der Waals surface area contributed by atoms with E-state index < -0.39 is 0 Å². The molecule has 0 spiro atoms. The van der Waals surface area contributed by atoms with Gasteiger partial charge in [-0.15, -0.1) is 5.73 Å². The van der Waals surface area contributed by atoms with Gasteiger partial charge in [0, 0.05) is 35.8 Å². The predicted molar refractivity (Wildman–Crippen MR) is 118 cm³/mol. The molecule has 0 saturated heterocycles. The SMILES string of the molecule is COC1=CC=C(CCNc2cc(-c3ccc4ncccc4c3)nc(OC)n2)C=C=C1. The molecular formula is C24H22N4O2. The maximum Gasteiger partial charge on any atom is 0.318 e. The maximum absolute atomic E-state index is 5.31. The first-order valence-electron chi connectivity index (χ1n) is 9.64. The number of pyridine rings is 1. The highest BCUT2D eigenvalue weighted by Crippen LogP contribution is 2.25. The van der Waals surface area contributed by atoms with E-state index in [2.05, 4.69) is 32.1 Å². The molecule has 0 atom stereocenters. The monoisotopic (exact) mass is 398 g/mol. The molecule has 1 aliphatic carbocycles. The van der Waals surface area contributed by atoms with Crippen LogP contribution in [0.5, 0.6) is 6.01 Å². The largest absolute Gasteiger partial charge is 0.496 e. The van der Waals surface area contributed by atoms with E-state index in [-0.39, 0.29) is 0 Å². The number of allylic oxidation sites excluding steroid dienone is 3. The van der Waals surface area contributed by atoms with Crippen molar-refractivity contribution in [2.75, 3.05) is 26.1 Å². The third-order valence-corrected chi connectivity index (χ3v) is 4.70. The van der Waals surface area contributed by atoms with E-state index in [9.17, 15) is 0 Å². The normalized spacial score (nSPS) is 12.9. The zero-order valence-corrected chi connectivity index (χ0v) is 16.9. The lowest BCUT2D eigenvalue weighted by atomic mass is 10.1. The molecule has 0 aliphatic heterocycles. The Balaban J connectivity index is 1.52. The van der Waals surface area contributed by atoms with Crippen molar-refractivity contribution in [3.63, 3.8) is 0 Å². The van der Waals surface area contributed by atoms with Crippen molar-refractivity contribution in [2.24, 2.45) is 0 Å². The predicted octanol–water partition coefficient (Wildman–Crippen LogP) is 4.68. The van der Waals surface area contributed by atoms with Gasteiger partial charge in [0.15, 0.2) is 0 Å². The zero-order chi connectivity index (χ0) is 20.8. The number of aromatic nitrogens is 3. The number of hydrogen-bond acceptors (Lipinski definition) is 6. The smallest absolute Gasteiger partial charge is 0.318 e. The number of ether oxygens (including phenoxy) is 2. The average Bonchev–Trinajstić information content (AvgIpc) is 3.03. The molecule has 0 fully saturated rings. The number of rotatable bonds is 7. The highest BCUT2D eigenvalue weighted by molar-refractivity contribution is 5.83. The van der Waals surface area contributed by atoms with Gasteiger partial charge in [-0.05, 0) is 42.3 Å². The molecule has 30 heavy (non-hydrogen) atoms. The van der Waals surface area contributed by atoms with Crippen molar-refractivity contribution in [3.8, 4) is 17.3 Å². The fraction of sp³-hybridized carbons (Fsp3) is 0.167. The second-order valence-corrected chi connectivity index (χ2v) is 6.68. The Morgan fingerprint density at radius 1 is 1.00 bits per heavy atom. The van der Waals surface area contributed by atoms with Gasteiger partial charge in [-0.25, -0.2) is 0 Å². The van der Waals surface area contributed by atoms with Crippen LogP contribution in [-0.2, 0) is 4.74 Å². The van der Waals surface area contributed by atoms with Crippen molar-refractivity contribution < 1.29 is 9.47 Å². The van der Waals surface area contributed by atoms with Gasteiger partial charge in [0.2, 0.25) is 0 Å². The molecule has 1 N–H and O–H groups in total. The summed E-state index contributed by atoms with van der Waals surface area (Å²) in [7, 11) is 3.22. The Bertz CT molecular complexity index is 1190. The first-order valence-corrected chi connectivity index (χ1v) is 9.64. The Kier molecular flexibility index (Phi) is 5.88. The fourth-order valence-electron chi connectivity index (χ4n) is 3.12. The third kappa shape index (κ3) is 4.57. The topological polar surface area (TPSA) is 69.2 Å². The minimum absolute atomic E-state index is 0.325. The van der Waals surface area contributed by atoms with Crippen molar-refractivity contribution in [1.29, 1.82) is 0 Å². The van der Waals surface area contributed by atoms with Gasteiger partial charge in [-0.2, -0.15) is 9.97 Å². The van der Waals surface area contributed by atoms with Gasteiger partial charge >= 0.3 is 6.01 Å². The summed E-state index contributed by atoms with van der Waals surface area (Å²) in [5.74, 6) is 1.50. The minimum atomic E-state index is 0.325. The highest BCUT2D eigenvalue weighted by atomic mass is 16.5. The van der Waals surface area contributed by atoms with Gasteiger partial charge in [0.05, 0.1) is 25.4 Å². The van der Waals surface area contributed by atoms with E-state index in [0.29, 0.717) is 18.4 Å². The third-order valence-electron chi connectivity index (χ3n) is 4.70. The molecule has 150 valence electrons. The molecule has 0 bridgehead atoms. The second-order valence-electron chi connectivity index (χ2n) is 6.68. The van der Waals surface area contributed by atoms with Crippen LogP contribution in [0.25, 0.3) is 22.2 Å². The summed E-state index contributed by atoms with van der Waals surface area (Å²) in [6.07, 6.45) is 10.4. The van der Waals surface area contributed by atoms with Crippen molar-refractivity contribution in [2.45, 2.75) is 6.42 Å². The van der Waals surface area contributed by atoms with Crippen LogP contribution in [-0.4, -0.2) is 35.7 Å². The molecule has 6 heteroatoms. The van der Waals surface area contributed by atoms with E-state index in [0.717, 1.165) is 39.9 Å². The molecule has 3 aromatic rings. The summed E-state index contributed by atoms with van der Waals surface area (Å²) in [5.41, 5.74) is 6.99. The molecule has 0 saturated carbocycles. The quantitative estimate of drug-likeness (QED) is 0.583. The summed E-state index contributed by atoms with van der Waals surface area (Å²) >= 11 is 0.